The number of aromatic nitrogens is 1. The molecule has 2 nitrogen and oxygen atoms in total. The summed E-state index contributed by atoms with van der Waals surface area (Å²) in [5.41, 5.74) is 0.381. The molecule has 0 aliphatic carbocycles. The second-order valence-electron chi connectivity index (χ2n) is 4.43. The van der Waals surface area contributed by atoms with E-state index in [4.69, 9.17) is 0 Å². The third kappa shape index (κ3) is 3.04. The maximum absolute atomic E-state index is 13.6. The summed E-state index contributed by atoms with van der Waals surface area (Å²) in [6.07, 6.45) is 1.60. The highest BCUT2D eigenvalue weighted by Crippen LogP contribution is 2.31. The third-order valence-corrected chi connectivity index (χ3v) is 3.35. The lowest BCUT2D eigenvalue weighted by Gasteiger charge is -2.04. The zero-order chi connectivity index (χ0) is 13.1. The van der Waals surface area contributed by atoms with Gasteiger partial charge in [-0.15, -0.1) is 0 Å². The summed E-state index contributed by atoms with van der Waals surface area (Å²) in [5.74, 6) is -0.618. The minimum absolute atomic E-state index is 0.381. The van der Waals surface area contributed by atoms with Crippen molar-refractivity contribution in [3.63, 3.8) is 0 Å². The van der Waals surface area contributed by atoms with E-state index in [1.54, 1.807) is 6.20 Å². The largest absolute Gasteiger partial charge is 0.361 e. The molecule has 96 valence electrons. The Balaban J connectivity index is 2.18. The summed E-state index contributed by atoms with van der Waals surface area (Å²) in [5, 5.41) is 3.93. The van der Waals surface area contributed by atoms with Gasteiger partial charge in [-0.25, -0.2) is 13.8 Å². The number of hydrogen-bond acceptors (Lipinski definition) is 3. The van der Waals surface area contributed by atoms with Gasteiger partial charge in [-0.1, -0.05) is 25.2 Å². The van der Waals surface area contributed by atoms with Crippen LogP contribution in [0.2, 0.25) is 0 Å². The van der Waals surface area contributed by atoms with E-state index in [9.17, 15) is 8.78 Å². The number of nitrogens with one attached hydrogen (secondary N) is 1. The number of anilines is 1. The zero-order valence-corrected chi connectivity index (χ0v) is 11.0. The summed E-state index contributed by atoms with van der Waals surface area (Å²) in [4.78, 5) is 4.87. The van der Waals surface area contributed by atoms with Crippen molar-refractivity contribution in [1.29, 1.82) is 0 Å². The molecule has 0 radical (unpaired) electrons. The van der Waals surface area contributed by atoms with Gasteiger partial charge in [0.15, 0.2) is 5.13 Å². The lowest BCUT2D eigenvalue weighted by atomic mass is 10.2. The zero-order valence-electron chi connectivity index (χ0n) is 10.2. The fourth-order valence-electron chi connectivity index (χ4n) is 1.46. The predicted molar refractivity (Wildman–Crippen MR) is 70.8 cm³/mol. The molecule has 5 heteroatoms. The van der Waals surface area contributed by atoms with Gasteiger partial charge in [0.05, 0.1) is 4.88 Å². The van der Waals surface area contributed by atoms with Crippen molar-refractivity contribution in [3.8, 4) is 10.4 Å². The van der Waals surface area contributed by atoms with Crippen LogP contribution in [0.5, 0.6) is 0 Å². The molecule has 1 aromatic heterocycles. The minimum Gasteiger partial charge on any atom is -0.361 e. The molecule has 1 N–H and O–H groups in total. The normalized spacial score (nSPS) is 10.9. The van der Waals surface area contributed by atoms with Crippen LogP contribution in [-0.2, 0) is 0 Å². The Morgan fingerprint density at radius 1 is 1.33 bits per heavy atom. The number of rotatable bonds is 4. The van der Waals surface area contributed by atoms with Crippen LogP contribution in [0.1, 0.15) is 13.8 Å². The van der Waals surface area contributed by atoms with Gasteiger partial charge in [0.25, 0.3) is 0 Å². The first kappa shape index (κ1) is 13.0. The molecule has 0 saturated heterocycles. The summed E-state index contributed by atoms with van der Waals surface area (Å²) < 4.78 is 26.4. The molecule has 0 bridgehead atoms. The van der Waals surface area contributed by atoms with E-state index in [-0.39, 0.29) is 0 Å². The molecule has 0 aliphatic rings. The van der Waals surface area contributed by atoms with Crippen LogP contribution in [0.15, 0.2) is 24.4 Å². The Labute approximate surface area is 109 Å². The molecule has 0 spiro atoms. The standard InChI is InChI=1S/C13H14F2N2S/c1-8(2)6-16-13-17-7-12(18-13)10-4-3-9(14)5-11(10)15/h3-5,7-8H,6H2,1-2H3,(H,16,17). The van der Waals surface area contributed by atoms with Gasteiger partial charge >= 0.3 is 0 Å². The maximum Gasteiger partial charge on any atom is 0.183 e. The van der Waals surface area contributed by atoms with Gasteiger partial charge in [-0.05, 0) is 18.1 Å². The number of hydrogen-bond donors (Lipinski definition) is 1. The Morgan fingerprint density at radius 3 is 2.78 bits per heavy atom. The van der Waals surface area contributed by atoms with E-state index in [1.807, 2.05) is 0 Å². The van der Waals surface area contributed by atoms with Crippen molar-refractivity contribution in [2.75, 3.05) is 11.9 Å². The lowest BCUT2D eigenvalue weighted by molar-refractivity contribution is 0.586. The molecule has 1 heterocycles. The Hall–Kier alpha value is -1.49. The number of benzene rings is 1. The van der Waals surface area contributed by atoms with E-state index in [0.29, 0.717) is 16.4 Å². The summed E-state index contributed by atoms with van der Waals surface area (Å²) in [6.45, 7) is 5.02. The van der Waals surface area contributed by atoms with Crippen LogP contribution in [0, 0.1) is 17.6 Å². The van der Waals surface area contributed by atoms with Gasteiger partial charge in [0.1, 0.15) is 11.6 Å². The van der Waals surface area contributed by atoms with Gasteiger partial charge in [0.2, 0.25) is 0 Å². The first-order valence-corrected chi connectivity index (χ1v) is 6.53. The Morgan fingerprint density at radius 2 is 2.11 bits per heavy atom. The average Bonchev–Trinajstić information content (AvgIpc) is 2.75. The molecule has 0 amide bonds. The number of nitrogens with zero attached hydrogens (tertiary/aromatic N) is 1. The van der Waals surface area contributed by atoms with Gasteiger partial charge in [0, 0.05) is 24.4 Å². The maximum atomic E-state index is 13.6. The Bertz CT molecular complexity index is 538. The van der Waals surface area contributed by atoms with Crippen LogP contribution in [0.25, 0.3) is 10.4 Å². The quantitative estimate of drug-likeness (QED) is 0.900. The average molecular weight is 268 g/mol. The van der Waals surface area contributed by atoms with Gasteiger partial charge < -0.3 is 5.32 Å². The van der Waals surface area contributed by atoms with Crippen molar-refractivity contribution < 1.29 is 8.78 Å². The SMILES string of the molecule is CC(C)CNc1ncc(-c2ccc(F)cc2F)s1. The molecule has 0 unspecified atom stereocenters. The molecule has 1 aromatic carbocycles. The lowest BCUT2D eigenvalue weighted by Crippen LogP contribution is -2.07. The first-order chi connectivity index (χ1) is 8.56. The summed E-state index contributed by atoms with van der Waals surface area (Å²) >= 11 is 1.36. The number of thiazole rings is 1. The van der Waals surface area contributed by atoms with E-state index in [2.05, 4.69) is 24.1 Å². The molecule has 0 saturated carbocycles. The molecule has 0 aliphatic heterocycles. The molecular formula is C13H14F2N2S. The van der Waals surface area contributed by atoms with Crippen molar-refractivity contribution in [2.45, 2.75) is 13.8 Å². The monoisotopic (exact) mass is 268 g/mol. The van der Waals surface area contributed by atoms with Crippen LogP contribution >= 0.6 is 11.3 Å². The fraction of sp³-hybridized carbons (Fsp3) is 0.308. The van der Waals surface area contributed by atoms with Crippen LogP contribution in [-0.4, -0.2) is 11.5 Å². The second kappa shape index (κ2) is 5.44. The van der Waals surface area contributed by atoms with Crippen molar-refractivity contribution in [3.05, 3.63) is 36.0 Å². The summed E-state index contributed by atoms with van der Waals surface area (Å²) in [6, 6.07) is 3.57. The van der Waals surface area contributed by atoms with Crippen LogP contribution in [0.3, 0.4) is 0 Å². The van der Waals surface area contributed by atoms with Crippen LogP contribution < -0.4 is 5.32 Å². The molecule has 2 rings (SSSR count). The van der Waals surface area contributed by atoms with E-state index in [0.717, 1.165) is 17.7 Å². The topological polar surface area (TPSA) is 24.9 Å². The van der Waals surface area contributed by atoms with E-state index in [1.165, 1.54) is 23.5 Å². The van der Waals surface area contributed by atoms with Crippen LogP contribution in [0.4, 0.5) is 13.9 Å². The highest BCUT2D eigenvalue weighted by atomic mass is 32.1. The molecule has 2 aromatic rings. The van der Waals surface area contributed by atoms with Crippen molar-refractivity contribution in [1.82, 2.24) is 4.98 Å². The highest BCUT2D eigenvalue weighted by molar-refractivity contribution is 7.18. The molecule has 18 heavy (non-hydrogen) atoms. The van der Waals surface area contributed by atoms with Crippen molar-refractivity contribution >= 4 is 16.5 Å². The third-order valence-electron chi connectivity index (χ3n) is 2.36. The minimum atomic E-state index is -0.570. The second-order valence-corrected chi connectivity index (χ2v) is 5.46. The molecular weight excluding hydrogens is 254 g/mol. The molecule has 0 fully saturated rings. The first-order valence-electron chi connectivity index (χ1n) is 5.71. The van der Waals surface area contributed by atoms with E-state index < -0.39 is 11.6 Å². The fourth-order valence-corrected chi connectivity index (χ4v) is 2.31. The number of halogens is 2. The highest BCUT2D eigenvalue weighted by Gasteiger charge is 2.10. The predicted octanol–water partition coefficient (Wildman–Crippen LogP) is 4.16. The molecule has 0 atom stereocenters. The smallest absolute Gasteiger partial charge is 0.183 e. The summed E-state index contributed by atoms with van der Waals surface area (Å²) in [7, 11) is 0. The Kier molecular flexibility index (Phi) is 3.91. The van der Waals surface area contributed by atoms with E-state index >= 15 is 0 Å². The van der Waals surface area contributed by atoms with Gasteiger partial charge in [-0.2, -0.15) is 0 Å². The van der Waals surface area contributed by atoms with Gasteiger partial charge in [-0.3, -0.25) is 0 Å². The van der Waals surface area contributed by atoms with Crippen molar-refractivity contribution in [2.24, 2.45) is 5.92 Å².